The average molecular weight is 887 g/mol. The normalized spacial score (nSPS) is 14.9. The second-order valence-electron chi connectivity index (χ2n) is 18.9. The van der Waals surface area contributed by atoms with Crippen molar-refractivity contribution in [2.45, 2.75) is 58.8 Å². The molecular formula is C64H55FN2O. The zero-order valence-electron chi connectivity index (χ0n) is 39.3. The fourth-order valence-electron chi connectivity index (χ4n) is 11.7. The molecule has 4 heteroatoms. The predicted octanol–water partition coefficient (Wildman–Crippen LogP) is 18.5. The maximum Gasteiger partial charge on any atom is 0.160 e. The molecule has 0 N–H and O–H groups in total. The van der Waals surface area contributed by atoms with Crippen molar-refractivity contribution in [3.8, 4) is 27.9 Å². The Morgan fingerprint density at radius 2 is 1.37 bits per heavy atom. The number of furan rings is 1. The van der Waals surface area contributed by atoms with Gasteiger partial charge >= 0.3 is 0 Å². The van der Waals surface area contributed by atoms with Crippen molar-refractivity contribution in [2.24, 2.45) is 5.41 Å². The minimum atomic E-state index is -0.629. The van der Waals surface area contributed by atoms with Crippen molar-refractivity contribution in [1.82, 2.24) is 4.57 Å². The summed E-state index contributed by atoms with van der Waals surface area (Å²) in [7, 11) is 0. The van der Waals surface area contributed by atoms with E-state index < -0.39 is 5.41 Å². The Morgan fingerprint density at radius 1 is 0.691 bits per heavy atom. The van der Waals surface area contributed by atoms with E-state index in [1.165, 1.54) is 22.3 Å². The minimum Gasteiger partial charge on any atom is -0.454 e. The number of unbranched alkanes of at least 4 members (excludes halogenated alkanes) is 2. The highest BCUT2D eigenvalue weighted by Crippen LogP contribution is 2.65. The second-order valence-corrected chi connectivity index (χ2v) is 18.9. The van der Waals surface area contributed by atoms with Gasteiger partial charge in [-0.3, -0.25) is 0 Å². The van der Waals surface area contributed by atoms with Gasteiger partial charge in [0.1, 0.15) is 11.4 Å². The third-order valence-corrected chi connectivity index (χ3v) is 14.6. The van der Waals surface area contributed by atoms with Crippen LogP contribution in [-0.4, -0.2) is 4.57 Å². The first-order chi connectivity index (χ1) is 33.3. The summed E-state index contributed by atoms with van der Waals surface area (Å²) in [4.78, 5) is 2.23. The molecule has 2 heterocycles. The molecule has 11 rings (SSSR count). The molecule has 1 aliphatic rings. The van der Waals surface area contributed by atoms with Crippen molar-refractivity contribution in [1.29, 1.82) is 0 Å². The van der Waals surface area contributed by atoms with Crippen LogP contribution in [0.2, 0.25) is 0 Å². The van der Waals surface area contributed by atoms with Crippen molar-refractivity contribution < 1.29 is 8.81 Å². The molecule has 1 atom stereocenters. The fourth-order valence-corrected chi connectivity index (χ4v) is 11.7. The standard InChI is InChI=1S/C64H55FN2O/c1-6-9-23-39-63(4,5)64(44(8-3)26-10-7-2)53-32-20-17-30-50(53)60-54(64)42-58(62-61(60)51-31-19-22-34-59(51)68-62)66(47-35-37-48(55(65)41-47)43-24-13-11-14-25-43)46-36-38-57-52(40-46)49-29-18-21-33-56(49)67(57)45-27-15-12-16-28-45/h7-8,10-22,24-38,40-42H,3,6,9,23,39H2,1-2,4-5H3/b10-7-,44-26+. The highest BCUT2D eigenvalue weighted by molar-refractivity contribution is 6.20. The summed E-state index contributed by atoms with van der Waals surface area (Å²) in [5, 5.41) is 4.32. The van der Waals surface area contributed by atoms with Gasteiger partial charge in [0.15, 0.2) is 5.58 Å². The number of benzene rings is 8. The lowest BCUT2D eigenvalue weighted by molar-refractivity contribution is 0.216. The molecule has 1 unspecified atom stereocenters. The highest BCUT2D eigenvalue weighted by Gasteiger charge is 2.55. The van der Waals surface area contributed by atoms with Crippen LogP contribution in [0.3, 0.4) is 0 Å². The number of nitrogens with zero attached hydrogens (tertiary/aromatic N) is 2. The Kier molecular flexibility index (Phi) is 10.8. The molecule has 0 amide bonds. The second kappa shape index (κ2) is 17.2. The molecule has 8 aromatic carbocycles. The average Bonchev–Trinajstić information content (AvgIpc) is 4.02. The van der Waals surface area contributed by atoms with E-state index in [0.29, 0.717) is 11.3 Å². The van der Waals surface area contributed by atoms with Gasteiger partial charge in [-0.25, -0.2) is 4.39 Å². The topological polar surface area (TPSA) is 21.3 Å². The van der Waals surface area contributed by atoms with E-state index in [2.05, 4.69) is 195 Å². The van der Waals surface area contributed by atoms with E-state index in [1.807, 2.05) is 42.5 Å². The van der Waals surface area contributed by atoms with E-state index in [4.69, 9.17) is 4.42 Å². The van der Waals surface area contributed by atoms with Gasteiger partial charge in [0.25, 0.3) is 0 Å². The van der Waals surface area contributed by atoms with Crippen LogP contribution < -0.4 is 4.90 Å². The molecule has 0 bridgehead atoms. The van der Waals surface area contributed by atoms with Crippen molar-refractivity contribution >= 4 is 60.8 Å². The third kappa shape index (κ3) is 6.60. The molecule has 3 nitrogen and oxygen atoms in total. The Labute approximate surface area is 398 Å². The Bertz CT molecular complexity index is 3610. The van der Waals surface area contributed by atoms with Crippen LogP contribution in [0.25, 0.3) is 71.7 Å². The fraction of sp³-hybridized carbons (Fsp3) is 0.156. The smallest absolute Gasteiger partial charge is 0.160 e. The monoisotopic (exact) mass is 886 g/mol. The van der Waals surface area contributed by atoms with Crippen LogP contribution >= 0.6 is 0 Å². The summed E-state index contributed by atoms with van der Waals surface area (Å²) in [6, 6.07) is 61.0. The van der Waals surface area contributed by atoms with Gasteiger partial charge in [-0.15, -0.1) is 0 Å². The first-order valence-electron chi connectivity index (χ1n) is 24.1. The van der Waals surface area contributed by atoms with Crippen LogP contribution in [0.5, 0.6) is 0 Å². The molecule has 0 spiro atoms. The van der Waals surface area contributed by atoms with Gasteiger partial charge in [0, 0.05) is 44.2 Å². The highest BCUT2D eigenvalue weighted by atomic mass is 19.1. The van der Waals surface area contributed by atoms with E-state index in [9.17, 15) is 0 Å². The van der Waals surface area contributed by atoms with Crippen molar-refractivity contribution in [3.05, 3.63) is 229 Å². The molecule has 10 aromatic rings. The Balaban J connectivity index is 1.28. The van der Waals surface area contributed by atoms with Gasteiger partial charge in [-0.2, -0.15) is 0 Å². The number of allylic oxidation sites excluding steroid dienone is 5. The molecule has 0 aliphatic heterocycles. The van der Waals surface area contributed by atoms with Crippen LogP contribution in [-0.2, 0) is 5.41 Å². The van der Waals surface area contributed by atoms with Crippen molar-refractivity contribution in [3.63, 3.8) is 0 Å². The van der Waals surface area contributed by atoms with Gasteiger partial charge in [-0.05, 0) is 119 Å². The number of rotatable bonds is 13. The maximum atomic E-state index is 17.1. The van der Waals surface area contributed by atoms with Gasteiger partial charge < -0.3 is 13.9 Å². The van der Waals surface area contributed by atoms with Gasteiger partial charge in [0.2, 0.25) is 0 Å². The van der Waals surface area contributed by atoms with Crippen LogP contribution in [0.15, 0.2) is 217 Å². The van der Waals surface area contributed by atoms with E-state index >= 15 is 4.39 Å². The summed E-state index contributed by atoms with van der Waals surface area (Å²) in [6.45, 7) is 13.8. The predicted molar refractivity (Wildman–Crippen MR) is 285 cm³/mol. The number of halogens is 1. The summed E-state index contributed by atoms with van der Waals surface area (Å²) in [5.74, 6) is -0.301. The Hall–Kier alpha value is -7.69. The molecule has 0 saturated carbocycles. The van der Waals surface area contributed by atoms with Gasteiger partial charge in [0.05, 0.1) is 22.1 Å². The first-order valence-corrected chi connectivity index (χ1v) is 24.1. The summed E-state index contributed by atoms with van der Waals surface area (Å²) in [6.07, 6.45) is 13.0. The zero-order valence-corrected chi connectivity index (χ0v) is 39.3. The molecule has 68 heavy (non-hydrogen) atoms. The zero-order chi connectivity index (χ0) is 46.6. The van der Waals surface area contributed by atoms with E-state index in [1.54, 1.807) is 6.07 Å². The number of hydrogen-bond acceptors (Lipinski definition) is 2. The van der Waals surface area contributed by atoms with E-state index in [0.717, 1.165) is 97.6 Å². The largest absolute Gasteiger partial charge is 0.454 e. The molecule has 0 fully saturated rings. The van der Waals surface area contributed by atoms with Crippen LogP contribution in [0.1, 0.15) is 64.5 Å². The summed E-state index contributed by atoms with van der Waals surface area (Å²) < 4.78 is 26.6. The minimum absolute atomic E-state index is 0.290. The van der Waals surface area contributed by atoms with Gasteiger partial charge in [-0.1, -0.05) is 180 Å². The lowest BCUT2D eigenvalue weighted by Gasteiger charge is -2.48. The number of fused-ring (bicyclic) bond motifs is 10. The van der Waals surface area contributed by atoms with E-state index in [-0.39, 0.29) is 11.2 Å². The maximum absolute atomic E-state index is 17.1. The molecule has 0 saturated heterocycles. The Morgan fingerprint density at radius 3 is 2.13 bits per heavy atom. The molecule has 334 valence electrons. The third-order valence-electron chi connectivity index (χ3n) is 14.6. The molecule has 1 aliphatic carbocycles. The summed E-state index contributed by atoms with van der Waals surface area (Å²) >= 11 is 0. The molecule has 2 aromatic heterocycles. The van der Waals surface area contributed by atoms with Crippen LogP contribution in [0, 0.1) is 11.2 Å². The quantitative estimate of drug-likeness (QED) is 0.0850. The summed E-state index contributed by atoms with van der Waals surface area (Å²) in [5.41, 5.74) is 13.7. The number of hydrogen-bond donors (Lipinski definition) is 0. The SMILES string of the molecule is C=C/C(=C\C=C/C)C1(C(C)(C)CCCCC)c2ccccc2-c2c1cc(N(c1ccc(-c3ccccc3)c(F)c1)c1ccc3c(c1)c1ccccc1n3-c1ccccc1)c1oc3ccccc3c21. The number of para-hydroxylation sites is 3. The first kappa shape index (κ1) is 42.9. The van der Waals surface area contributed by atoms with Crippen molar-refractivity contribution in [2.75, 3.05) is 4.90 Å². The van der Waals surface area contributed by atoms with Crippen LogP contribution in [0.4, 0.5) is 21.5 Å². The number of anilines is 3. The molecule has 0 radical (unpaired) electrons. The lowest BCUT2D eigenvalue weighted by atomic mass is 9.54. The number of aromatic nitrogens is 1. The lowest BCUT2D eigenvalue weighted by Crippen LogP contribution is -2.43. The molecular weight excluding hydrogens is 832 g/mol.